The predicted molar refractivity (Wildman–Crippen MR) is 172 cm³/mol. The third kappa shape index (κ3) is 9.12. The number of thiophene rings is 3. The summed E-state index contributed by atoms with van der Waals surface area (Å²) in [5.41, 5.74) is 4.61. The second kappa shape index (κ2) is 16.6. The van der Waals surface area contributed by atoms with Gasteiger partial charge in [0.15, 0.2) is 0 Å². The molecule has 3 heterocycles. The van der Waals surface area contributed by atoms with Gasteiger partial charge in [0, 0.05) is 24.4 Å². The molecule has 3 aromatic heterocycles. The summed E-state index contributed by atoms with van der Waals surface area (Å²) in [7, 11) is 0. The van der Waals surface area contributed by atoms with Crippen molar-refractivity contribution in [2.45, 2.75) is 131 Å². The highest BCUT2D eigenvalue weighted by Gasteiger charge is 2.19. The summed E-state index contributed by atoms with van der Waals surface area (Å²) in [5, 5.41) is 0. The van der Waals surface area contributed by atoms with Gasteiger partial charge in [-0.2, -0.15) is 0 Å². The van der Waals surface area contributed by atoms with Crippen LogP contribution in [0.15, 0.2) is 18.2 Å². The predicted octanol–water partition coefficient (Wildman–Crippen LogP) is 12.3. The standard InChI is InChI=1S/C34H48S3/c1-6-10-13-16-20-27-24-31(36-30(27)19-9-4)34-29(22-18-15-12-8-3)25-32(37-34)33-28(23-26(5)35-33)21-17-14-11-7-2/h23-25H,6-8,10-18,20-22H2,1-5H3. The first kappa shape index (κ1) is 30.2. The molecule has 0 radical (unpaired) electrons. The minimum Gasteiger partial charge on any atom is -0.139 e. The molecular formula is C34H48S3. The monoisotopic (exact) mass is 552 g/mol. The van der Waals surface area contributed by atoms with E-state index >= 15 is 0 Å². The summed E-state index contributed by atoms with van der Waals surface area (Å²) in [5.74, 6) is 6.64. The van der Waals surface area contributed by atoms with Crippen LogP contribution in [-0.2, 0) is 19.3 Å². The molecule has 37 heavy (non-hydrogen) atoms. The molecule has 3 heteroatoms. The summed E-state index contributed by atoms with van der Waals surface area (Å²) < 4.78 is 0. The summed E-state index contributed by atoms with van der Waals surface area (Å²) >= 11 is 5.99. The first-order chi connectivity index (χ1) is 18.1. The van der Waals surface area contributed by atoms with Gasteiger partial charge in [0.25, 0.3) is 0 Å². The molecule has 3 rings (SSSR count). The van der Waals surface area contributed by atoms with E-state index in [-0.39, 0.29) is 0 Å². The molecule has 0 aliphatic carbocycles. The fraction of sp³-hybridized carbons (Fsp3) is 0.588. The van der Waals surface area contributed by atoms with Gasteiger partial charge >= 0.3 is 0 Å². The Morgan fingerprint density at radius 1 is 0.568 bits per heavy atom. The number of unbranched alkanes of at least 4 members (excludes halogenated alkanes) is 9. The van der Waals surface area contributed by atoms with Gasteiger partial charge < -0.3 is 0 Å². The largest absolute Gasteiger partial charge is 0.139 e. The lowest BCUT2D eigenvalue weighted by Gasteiger charge is -2.02. The van der Waals surface area contributed by atoms with Crippen molar-refractivity contribution in [1.29, 1.82) is 0 Å². The zero-order valence-electron chi connectivity index (χ0n) is 24.1. The Labute approximate surface area is 239 Å². The zero-order valence-corrected chi connectivity index (χ0v) is 26.5. The Balaban J connectivity index is 1.93. The Bertz CT molecular complexity index is 1130. The van der Waals surface area contributed by atoms with Crippen LogP contribution in [0.2, 0.25) is 0 Å². The van der Waals surface area contributed by atoms with Gasteiger partial charge in [-0.3, -0.25) is 0 Å². The molecule has 0 N–H and O–H groups in total. The fourth-order valence-corrected chi connectivity index (χ4v) is 8.73. The molecule has 3 aromatic rings. The Hall–Kier alpha value is -1.34. The minimum atomic E-state index is 1.16. The van der Waals surface area contributed by atoms with Gasteiger partial charge in [0.2, 0.25) is 0 Å². The fourth-order valence-electron chi connectivity index (χ4n) is 5.07. The molecule has 0 atom stereocenters. The van der Waals surface area contributed by atoms with Gasteiger partial charge in [-0.25, -0.2) is 0 Å². The van der Waals surface area contributed by atoms with Crippen LogP contribution in [0, 0.1) is 18.8 Å². The molecule has 202 valence electrons. The zero-order chi connectivity index (χ0) is 26.5. The van der Waals surface area contributed by atoms with Crippen molar-refractivity contribution < 1.29 is 0 Å². The van der Waals surface area contributed by atoms with Crippen LogP contribution in [0.3, 0.4) is 0 Å². The molecule has 0 spiro atoms. The smallest absolute Gasteiger partial charge is 0.0807 e. The van der Waals surface area contributed by atoms with E-state index in [9.17, 15) is 0 Å². The lowest BCUT2D eigenvalue weighted by atomic mass is 10.0. The third-order valence-electron chi connectivity index (χ3n) is 7.14. The third-order valence-corrected chi connectivity index (χ3v) is 10.9. The maximum Gasteiger partial charge on any atom is 0.0807 e. The summed E-state index contributed by atoms with van der Waals surface area (Å²) in [6.45, 7) is 11.2. The summed E-state index contributed by atoms with van der Waals surface area (Å²) in [4.78, 5) is 8.73. The van der Waals surface area contributed by atoms with Gasteiger partial charge in [0.1, 0.15) is 0 Å². The Morgan fingerprint density at radius 3 is 1.62 bits per heavy atom. The number of hydrogen-bond acceptors (Lipinski definition) is 3. The molecule has 0 saturated carbocycles. The average Bonchev–Trinajstić information content (AvgIpc) is 3.59. The van der Waals surface area contributed by atoms with Crippen LogP contribution in [0.1, 0.15) is 131 Å². The first-order valence-electron chi connectivity index (χ1n) is 14.9. The molecule has 0 aliphatic heterocycles. The SMILES string of the molecule is CC#Cc1sc(-c2sc(-c3sc(C)cc3CCCCCC)cc2CCCCCC)cc1CCCCCC. The lowest BCUT2D eigenvalue weighted by molar-refractivity contribution is 0.667. The highest BCUT2D eigenvalue weighted by molar-refractivity contribution is 7.26. The second-order valence-corrected chi connectivity index (χ2v) is 13.8. The van der Waals surface area contributed by atoms with Gasteiger partial charge in [-0.05, 0) is 87.3 Å². The van der Waals surface area contributed by atoms with Crippen LogP contribution in [-0.4, -0.2) is 0 Å². The minimum absolute atomic E-state index is 1.16. The van der Waals surface area contributed by atoms with E-state index < -0.39 is 0 Å². The van der Waals surface area contributed by atoms with E-state index in [2.05, 4.69) is 57.7 Å². The van der Waals surface area contributed by atoms with Gasteiger partial charge in [0.05, 0.1) is 4.88 Å². The average molecular weight is 553 g/mol. The normalized spacial score (nSPS) is 11.2. The van der Waals surface area contributed by atoms with Crippen molar-refractivity contribution in [2.24, 2.45) is 0 Å². The summed E-state index contributed by atoms with van der Waals surface area (Å²) in [6, 6.07) is 7.51. The molecular weight excluding hydrogens is 505 g/mol. The van der Waals surface area contributed by atoms with E-state index in [0.29, 0.717) is 0 Å². The van der Waals surface area contributed by atoms with Crippen molar-refractivity contribution in [2.75, 3.05) is 0 Å². The van der Waals surface area contributed by atoms with Crippen LogP contribution < -0.4 is 0 Å². The topological polar surface area (TPSA) is 0 Å². The summed E-state index contributed by atoms with van der Waals surface area (Å²) in [6.07, 6.45) is 19.4. The van der Waals surface area contributed by atoms with Crippen molar-refractivity contribution in [1.82, 2.24) is 0 Å². The van der Waals surface area contributed by atoms with E-state index in [4.69, 9.17) is 0 Å². The molecule has 0 unspecified atom stereocenters. The van der Waals surface area contributed by atoms with Crippen LogP contribution in [0.25, 0.3) is 19.5 Å². The lowest BCUT2D eigenvalue weighted by Crippen LogP contribution is -1.87. The van der Waals surface area contributed by atoms with Gasteiger partial charge in [-0.1, -0.05) is 84.5 Å². The molecule has 0 amide bonds. The Morgan fingerprint density at radius 2 is 1.05 bits per heavy atom. The molecule has 0 aliphatic rings. The molecule has 0 fully saturated rings. The number of hydrogen-bond donors (Lipinski definition) is 0. The van der Waals surface area contributed by atoms with Crippen molar-refractivity contribution in [3.63, 3.8) is 0 Å². The van der Waals surface area contributed by atoms with Crippen molar-refractivity contribution in [3.8, 4) is 31.3 Å². The quantitative estimate of drug-likeness (QED) is 0.115. The van der Waals surface area contributed by atoms with E-state index in [1.165, 1.54) is 125 Å². The van der Waals surface area contributed by atoms with Crippen LogP contribution in [0.5, 0.6) is 0 Å². The van der Waals surface area contributed by atoms with Gasteiger partial charge in [-0.15, -0.1) is 39.9 Å². The highest BCUT2D eigenvalue weighted by atomic mass is 32.1. The van der Waals surface area contributed by atoms with Crippen molar-refractivity contribution >= 4 is 34.0 Å². The number of aryl methyl sites for hydroxylation is 4. The molecule has 0 saturated heterocycles. The molecule has 0 nitrogen and oxygen atoms in total. The molecule has 0 bridgehead atoms. The van der Waals surface area contributed by atoms with Crippen molar-refractivity contribution in [3.05, 3.63) is 44.6 Å². The molecule has 0 aromatic carbocycles. The van der Waals surface area contributed by atoms with E-state index in [0.717, 1.165) is 6.42 Å². The maximum absolute atomic E-state index is 3.45. The van der Waals surface area contributed by atoms with E-state index in [1.807, 2.05) is 40.9 Å². The maximum atomic E-state index is 3.45. The first-order valence-corrected chi connectivity index (χ1v) is 17.3. The van der Waals surface area contributed by atoms with E-state index in [1.54, 1.807) is 11.1 Å². The van der Waals surface area contributed by atoms with Crippen LogP contribution in [0.4, 0.5) is 0 Å². The highest BCUT2D eigenvalue weighted by Crippen LogP contribution is 2.46. The second-order valence-electron chi connectivity index (χ2n) is 10.4. The van der Waals surface area contributed by atoms with Crippen LogP contribution >= 0.6 is 34.0 Å². The Kier molecular flexibility index (Phi) is 13.5. The number of rotatable bonds is 17.